The van der Waals surface area contributed by atoms with Crippen LogP contribution < -0.4 is 4.74 Å². The number of hydrogen-bond donors (Lipinski definition) is 1. The van der Waals surface area contributed by atoms with Gasteiger partial charge >= 0.3 is 5.97 Å². The number of nitrogens with one attached hydrogen (secondary N) is 1. The van der Waals surface area contributed by atoms with Crippen molar-refractivity contribution in [3.8, 4) is 5.75 Å². The van der Waals surface area contributed by atoms with Gasteiger partial charge in [-0.05, 0) is 67.8 Å². The molecule has 3 aromatic rings. The second-order valence-corrected chi connectivity index (χ2v) is 9.47. The lowest BCUT2D eigenvalue weighted by atomic mass is 10.1. The highest BCUT2D eigenvalue weighted by atomic mass is 32.2. The van der Waals surface area contributed by atoms with Crippen molar-refractivity contribution in [1.29, 1.82) is 0 Å². The highest BCUT2D eigenvalue weighted by Gasteiger charge is 2.28. The highest BCUT2D eigenvalue weighted by Crippen LogP contribution is 2.26. The van der Waals surface area contributed by atoms with E-state index in [1.165, 1.54) is 22.5 Å². The van der Waals surface area contributed by atoms with Crippen LogP contribution >= 0.6 is 0 Å². The molecule has 0 aliphatic carbocycles. The predicted octanol–water partition coefficient (Wildman–Crippen LogP) is 4.35. The summed E-state index contributed by atoms with van der Waals surface area (Å²) in [5, 5.41) is 0. The minimum atomic E-state index is -4.06. The van der Waals surface area contributed by atoms with E-state index in [2.05, 4.69) is 4.98 Å². The van der Waals surface area contributed by atoms with E-state index in [0.717, 1.165) is 17.2 Å². The van der Waals surface area contributed by atoms with Crippen molar-refractivity contribution >= 4 is 16.0 Å². The molecule has 0 saturated heterocycles. The van der Waals surface area contributed by atoms with E-state index in [4.69, 9.17) is 9.47 Å². The molecule has 0 amide bonds. The Morgan fingerprint density at radius 3 is 2.36 bits per heavy atom. The first-order valence-corrected chi connectivity index (χ1v) is 11.8. The molecule has 176 valence electrons. The number of rotatable bonds is 9. The third-order valence-electron chi connectivity index (χ3n) is 5.43. The van der Waals surface area contributed by atoms with Gasteiger partial charge in [0, 0.05) is 12.2 Å². The van der Waals surface area contributed by atoms with Gasteiger partial charge in [-0.25, -0.2) is 17.6 Å². The molecular weight excluding hydrogens is 447 g/mol. The number of aromatic amines is 1. The van der Waals surface area contributed by atoms with E-state index in [0.29, 0.717) is 17.0 Å². The second-order valence-electron chi connectivity index (χ2n) is 7.53. The van der Waals surface area contributed by atoms with Crippen LogP contribution in [0, 0.1) is 19.7 Å². The normalized spacial score (nSPS) is 11.6. The van der Waals surface area contributed by atoms with Gasteiger partial charge in [-0.2, -0.15) is 4.31 Å². The predicted molar refractivity (Wildman–Crippen MR) is 122 cm³/mol. The summed E-state index contributed by atoms with van der Waals surface area (Å²) < 4.78 is 52.3. The largest absolute Gasteiger partial charge is 0.497 e. The Balaban J connectivity index is 2.02. The smallest absolute Gasteiger partial charge is 0.355 e. The fraction of sp³-hybridized carbons (Fsp3) is 0.292. The monoisotopic (exact) mass is 474 g/mol. The highest BCUT2D eigenvalue weighted by molar-refractivity contribution is 7.89. The Bertz CT molecular complexity index is 1240. The van der Waals surface area contributed by atoms with Crippen molar-refractivity contribution < 1.29 is 27.1 Å². The minimum Gasteiger partial charge on any atom is -0.497 e. The number of benzene rings is 2. The molecule has 0 saturated carbocycles. The molecule has 0 aliphatic rings. The number of hydrogen-bond acceptors (Lipinski definition) is 5. The molecule has 33 heavy (non-hydrogen) atoms. The quantitative estimate of drug-likeness (QED) is 0.466. The van der Waals surface area contributed by atoms with E-state index in [9.17, 15) is 17.6 Å². The molecule has 0 fully saturated rings. The Hall–Kier alpha value is -3.17. The Morgan fingerprint density at radius 2 is 1.76 bits per heavy atom. The lowest BCUT2D eigenvalue weighted by Gasteiger charge is -2.22. The van der Waals surface area contributed by atoms with E-state index < -0.39 is 21.8 Å². The average Bonchev–Trinajstić information content (AvgIpc) is 3.08. The first kappa shape index (κ1) is 24.5. The molecule has 9 heteroatoms. The maximum absolute atomic E-state index is 13.8. The van der Waals surface area contributed by atoms with Gasteiger partial charge in [0.05, 0.1) is 25.2 Å². The van der Waals surface area contributed by atoms with Crippen LogP contribution in [0.15, 0.2) is 53.4 Å². The van der Waals surface area contributed by atoms with Gasteiger partial charge in [0.15, 0.2) is 0 Å². The summed E-state index contributed by atoms with van der Waals surface area (Å²) in [6.45, 7) is 5.52. The molecule has 1 heterocycles. The number of carbonyl (C=O) groups is 1. The number of sulfonamides is 1. The van der Waals surface area contributed by atoms with Crippen LogP contribution in [0.4, 0.5) is 4.39 Å². The molecule has 0 radical (unpaired) electrons. The third-order valence-corrected chi connectivity index (χ3v) is 7.22. The number of aromatic nitrogens is 1. The Labute approximate surface area is 193 Å². The molecule has 0 aliphatic heterocycles. The number of carbonyl (C=O) groups excluding carboxylic acids is 1. The zero-order chi connectivity index (χ0) is 24.2. The van der Waals surface area contributed by atoms with Crippen molar-refractivity contribution in [2.75, 3.05) is 13.7 Å². The van der Waals surface area contributed by atoms with E-state index >= 15 is 0 Å². The molecule has 1 N–H and O–H groups in total. The van der Waals surface area contributed by atoms with Gasteiger partial charge in [0.1, 0.15) is 17.3 Å². The Morgan fingerprint density at radius 1 is 1.06 bits per heavy atom. The van der Waals surface area contributed by atoms with Crippen LogP contribution in [0.25, 0.3) is 0 Å². The molecule has 2 aromatic carbocycles. The summed E-state index contributed by atoms with van der Waals surface area (Å²) in [5.74, 6) is -0.496. The van der Waals surface area contributed by atoms with Crippen LogP contribution in [0.5, 0.6) is 5.75 Å². The van der Waals surface area contributed by atoms with Crippen LogP contribution in [0.3, 0.4) is 0 Å². The molecule has 0 atom stereocenters. The third kappa shape index (κ3) is 5.43. The van der Waals surface area contributed by atoms with Crippen LogP contribution in [-0.4, -0.2) is 37.4 Å². The molecule has 0 unspecified atom stereocenters. The number of ether oxygens (including phenoxy) is 2. The molecule has 0 bridgehead atoms. The maximum Gasteiger partial charge on any atom is 0.355 e. The average molecular weight is 475 g/mol. The van der Waals surface area contributed by atoms with Crippen LogP contribution in [-0.2, 0) is 27.8 Å². The first-order chi connectivity index (χ1) is 15.7. The molecule has 0 spiro atoms. The van der Waals surface area contributed by atoms with Gasteiger partial charge in [-0.15, -0.1) is 0 Å². The van der Waals surface area contributed by atoms with Crippen molar-refractivity contribution in [2.45, 2.75) is 38.8 Å². The van der Waals surface area contributed by atoms with Gasteiger partial charge in [0.25, 0.3) is 0 Å². The number of nitrogens with zero attached hydrogens (tertiary/aromatic N) is 1. The van der Waals surface area contributed by atoms with Crippen molar-refractivity contribution in [3.05, 3.63) is 82.4 Å². The number of H-pyrrole nitrogens is 1. The number of methoxy groups -OCH3 is 1. The summed E-state index contributed by atoms with van der Waals surface area (Å²) in [4.78, 5) is 15.2. The van der Waals surface area contributed by atoms with Gasteiger partial charge < -0.3 is 14.5 Å². The van der Waals surface area contributed by atoms with Crippen LogP contribution in [0.1, 0.15) is 39.8 Å². The number of halogens is 1. The lowest BCUT2D eigenvalue weighted by molar-refractivity contribution is 0.0519. The Kier molecular flexibility index (Phi) is 7.55. The van der Waals surface area contributed by atoms with E-state index in [1.54, 1.807) is 45.2 Å². The van der Waals surface area contributed by atoms with Gasteiger partial charge in [-0.1, -0.05) is 18.2 Å². The summed E-state index contributed by atoms with van der Waals surface area (Å²) in [5.41, 5.74) is 3.02. The van der Waals surface area contributed by atoms with Gasteiger partial charge in [0.2, 0.25) is 10.0 Å². The van der Waals surface area contributed by atoms with Crippen molar-refractivity contribution in [1.82, 2.24) is 9.29 Å². The fourth-order valence-corrected chi connectivity index (χ4v) is 4.86. The fourth-order valence-electron chi connectivity index (χ4n) is 3.43. The van der Waals surface area contributed by atoms with E-state index in [-0.39, 0.29) is 30.3 Å². The topological polar surface area (TPSA) is 88.7 Å². The first-order valence-electron chi connectivity index (χ1n) is 10.4. The summed E-state index contributed by atoms with van der Waals surface area (Å²) in [7, 11) is -2.51. The molecular formula is C24H27FN2O5S. The van der Waals surface area contributed by atoms with E-state index in [1.807, 2.05) is 6.92 Å². The minimum absolute atomic E-state index is 0.0368. The molecule has 7 nitrogen and oxygen atoms in total. The van der Waals surface area contributed by atoms with Crippen LogP contribution in [0.2, 0.25) is 0 Å². The standard InChI is InChI=1S/C24H27FN2O5S/c1-5-32-24(28)23-17(3)16(2)22(26-23)15-27(14-18-9-11-20(31-4)12-10-18)33(29,30)21-8-6-7-19(25)13-21/h6-13,26H,5,14-15H2,1-4H3. The molecule has 3 rings (SSSR count). The number of esters is 1. The zero-order valence-electron chi connectivity index (χ0n) is 19.0. The van der Waals surface area contributed by atoms with Crippen molar-refractivity contribution in [3.63, 3.8) is 0 Å². The van der Waals surface area contributed by atoms with Gasteiger partial charge in [-0.3, -0.25) is 0 Å². The molecule has 1 aromatic heterocycles. The van der Waals surface area contributed by atoms with Crippen molar-refractivity contribution in [2.24, 2.45) is 0 Å². The zero-order valence-corrected chi connectivity index (χ0v) is 19.8. The maximum atomic E-state index is 13.8. The second kappa shape index (κ2) is 10.2. The lowest BCUT2D eigenvalue weighted by Crippen LogP contribution is -2.30. The summed E-state index contributed by atoms with van der Waals surface area (Å²) >= 11 is 0. The summed E-state index contributed by atoms with van der Waals surface area (Å²) in [6, 6.07) is 11.9. The summed E-state index contributed by atoms with van der Waals surface area (Å²) in [6.07, 6.45) is 0. The SMILES string of the molecule is CCOC(=O)c1[nH]c(CN(Cc2ccc(OC)cc2)S(=O)(=O)c2cccc(F)c2)c(C)c1C.